The number of benzene rings is 4. The summed E-state index contributed by atoms with van der Waals surface area (Å²) in [7, 11) is 0. The third kappa shape index (κ3) is 5.48. The van der Waals surface area contributed by atoms with Crippen molar-refractivity contribution in [3.8, 4) is 28.4 Å². The van der Waals surface area contributed by atoms with Crippen LogP contribution in [0.1, 0.15) is 22.6 Å². The van der Waals surface area contributed by atoms with Crippen LogP contribution in [0.4, 0.5) is 0 Å². The molecule has 44 heavy (non-hydrogen) atoms. The average molecular weight is 634 g/mol. The van der Waals surface area contributed by atoms with Crippen molar-refractivity contribution >= 4 is 50.0 Å². The second kappa shape index (κ2) is 11.7. The summed E-state index contributed by atoms with van der Waals surface area (Å²) < 4.78 is 20.6. The Balaban J connectivity index is 1.41. The second-order valence-corrected chi connectivity index (χ2v) is 13.7. The summed E-state index contributed by atoms with van der Waals surface area (Å²) in [5.41, 5.74) is 8.28. The molecule has 0 amide bonds. The molecule has 0 N–H and O–H groups in total. The van der Waals surface area contributed by atoms with Crippen LogP contribution < -0.4 is 10.6 Å². The number of nitrogens with zero attached hydrogens (tertiary/aromatic N) is 3. The number of para-hydroxylation sites is 2. The van der Waals surface area contributed by atoms with E-state index >= 15 is 0 Å². The van der Waals surface area contributed by atoms with E-state index in [0.29, 0.717) is 17.2 Å². The zero-order valence-corrected chi connectivity index (χ0v) is 27.5. The molecule has 3 aromatic heterocycles. The van der Waals surface area contributed by atoms with E-state index in [9.17, 15) is 0 Å². The van der Waals surface area contributed by atoms with Crippen molar-refractivity contribution in [1.82, 2.24) is 15.0 Å². The third-order valence-corrected chi connectivity index (χ3v) is 10.4. The van der Waals surface area contributed by atoms with Crippen molar-refractivity contribution in [2.24, 2.45) is 0 Å². The number of fused-ring (bicyclic) bond motifs is 3. The van der Waals surface area contributed by atoms with Crippen LogP contribution in [-0.4, -0.2) is 32.3 Å². The Kier molecular flexibility index (Phi) is 7.42. The molecular weight excluding hydrogens is 604 g/mol. The van der Waals surface area contributed by atoms with Crippen LogP contribution in [-0.2, 0) is 0 Å². The van der Waals surface area contributed by atoms with Crippen molar-refractivity contribution in [3.63, 3.8) is 0 Å². The van der Waals surface area contributed by atoms with Crippen LogP contribution in [0.25, 0.3) is 43.8 Å². The molecule has 6 nitrogen and oxygen atoms in total. The van der Waals surface area contributed by atoms with Crippen molar-refractivity contribution in [3.05, 3.63) is 132 Å². The van der Waals surface area contributed by atoms with E-state index in [-0.39, 0.29) is 0 Å². The van der Waals surface area contributed by atoms with Gasteiger partial charge in [0.05, 0.1) is 0 Å². The fraction of sp³-hybridized carbons (Fsp3) is 0.108. The Morgan fingerprint density at radius 1 is 0.500 bits per heavy atom. The summed E-state index contributed by atoms with van der Waals surface area (Å²) >= 11 is -3.71. The molecule has 0 aliphatic carbocycles. The Labute approximate surface area is 262 Å². The van der Waals surface area contributed by atoms with Gasteiger partial charge in [0.25, 0.3) is 0 Å². The summed E-state index contributed by atoms with van der Waals surface area (Å²) in [4.78, 5) is 14.5. The first-order chi connectivity index (χ1) is 21.4. The molecule has 0 atom stereocenters. The van der Waals surface area contributed by atoms with Gasteiger partial charge in [-0.15, -0.1) is 0 Å². The van der Waals surface area contributed by atoms with Gasteiger partial charge in [-0.05, 0) is 0 Å². The summed E-state index contributed by atoms with van der Waals surface area (Å²) in [6, 6.07) is 36.5. The zero-order chi connectivity index (χ0) is 30.2. The number of rotatable bonds is 7. The standard InChI is InChI=1S/C17H15NO.2C10H9NO.Ga/c1-11-10-15(13-6-4-3-5-7-13)17(19)14-9-8-12(2)18-16(11)14;2*1-7-5-6-8-3-2-4-9(12)10(8)11-7;/h3-10,19H,1-2H3;2*2-6,12H,1H3;/q;;;+3/p-3. The van der Waals surface area contributed by atoms with E-state index in [2.05, 4.69) is 43.3 Å². The molecule has 0 saturated heterocycles. The molecule has 3 heterocycles. The van der Waals surface area contributed by atoms with E-state index in [1.165, 1.54) is 0 Å². The van der Waals surface area contributed by atoms with Crippen LogP contribution in [0, 0.1) is 27.7 Å². The van der Waals surface area contributed by atoms with Gasteiger partial charge in [-0.2, -0.15) is 0 Å². The topological polar surface area (TPSA) is 66.4 Å². The van der Waals surface area contributed by atoms with Gasteiger partial charge >= 0.3 is 263 Å². The van der Waals surface area contributed by atoms with Gasteiger partial charge in [-0.1, -0.05) is 0 Å². The molecule has 7 aromatic rings. The molecule has 7 heteroatoms. The van der Waals surface area contributed by atoms with Crippen molar-refractivity contribution in [2.45, 2.75) is 27.7 Å². The first kappa shape index (κ1) is 27.9. The van der Waals surface area contributed by atoms with Crippen LogP contribution in [0.5, 0.6) is 17.2 Å². The maximum atomic E-state index is 7.02. The summed E-state index contributed by atoms with van der Waals surface area (Å²) in [6.45, 7) is 8.05. The molecule has 0 spiro atoms. The van der Waals surface area contributed by atoms with Crippen LogP contribution in [0.15, 0.2) is 109 Å². The minimum absolute atomic E-state index is 0.632. The fourth-order valence-corrected chi connectivity index (χ4v) is 8.40. The van der Waals surface area contributed by atoms with E-state index in [1.54, 1.807) is 0 Å². The van der Waals surface area contributed by atoms with Crippen molar-refractivity contribution in [1.29, 1.82) is 0 Å². The summed E-state index contributed by atoms with van der Waals surface area (Å²) in [5, 5.41) is 2.89. The Hall–Kier alpha value is -4.85. The molecule has 7 rings (SSSR count). The van der Waals surface area contributed by atoms with Crippen LogP contribution >= 0.6 is 0 Å². The van der Waals surface area contributed by atoms with E-state index in [4.69, 9.17) is 25.5 Å². The first-order valence-electron chi connectivity index (χ1n) is 14.6. The Morgan fingerprint density at radius 2 is 1.05 bits per heavy atom. The third-order valence-electron chi connectivity index (χ3n) is 7.65. The van der Waals surface area contributed by atoms with Crippen molar-refractivity contribution in [2.75, 3.05) is 0 Å². The number of aromatic nitrogens is 3. The zero-order valence-electron chi connectivity index (χ0n) is 25.0. The number of hydrogen-bond donors (Lipinski definition) is 0. The second-order valence-electron chi connectivity index (χ2n) is 11.0. The van der Waals surface area contributed by atoms with Crippen LogP contribution in [0.2, 0.25) is 0 Å². The van der Waals surface area contributed by atoms with E-state index < -0.39 is 17.3 Å². The van der Waals surface area contributed by atoms with Gasteiger partial charge < -0.3 is 0 Å². The molecule has 0 bridgehead atoms. The predicted octanol–water partition coefficient (Wildman–Crippen LogP) is 8.75. The monoisotopic (exact) mass is 633 g/mol. The van der Waals surface area contributed by atoms with Gasteiger partial charge in [0.2, 0.25) is 0 Å². The minimum atomic E-state index is -3.71. The SMILES string of the molecule is Cc1ccc2cccc([O][Ga]([O]c3c(-c4ccccc4)cc(C)c4nc(C)ccc34)[O]c3cccc4ccc(C)nc34)c2n1. The Morgan fingerprint density at radius 3 is 1.64 bits per heavy atom. The van der Waals surface area contributed by atoms with Gasteiger partial charge in [-0.3, -0.25) is 0 Å². The van der Waals surface area contributed by atoms with E-state index in [0.717, 1.165) is 66.5 Å². The Bertz CT molecular complexity index is 2080. The van der Waals surface area contributed by atoms with E-state index in [1.807, 2.05) is 93.6 Å². The average Bonchev–Trinajstić information content (AvgIpc) is 3.03. The molecule has 0 unspecified atom stereocenters. The quantitative estimate of drug-likeness (QED) is 0.164. The molecule has 0 saturated carbocycles. The van der Waals surface area contributed by atoms with Crippen LogP contribution in [0.3, 0.4) is 0 Å². The molecular formula is C37H30GaN3O3. The number of hydrogen-bond acceptors (Lipinski definition) is 6. The predicted molar refractivity (Wildman–Crippen MR) is 177 cm³/mol. The first-order valence-corrected chi connectivity index (χ1v) is 17.6. The normalized spacial score (nSPS) is 11.2. The molecule has 214 valence electrons. The van der Waals surface area contributed by atoms with Gasteiger partial charge in [0, 0.05) is 0 Å². The number of pyridine rings is 3. The summed E-state index contributed by atoms with van der Waals surface area (Å²) in [5.74, 6) is 1.96. The van der Waals surface area contributed by atoms with Gasteiger partial charge in [-0.25, -0.2) is 0 Å². The number of aryl methyl sites for hydroxylation is 4. The molecule has 0 aliphatic heterocycles. The fourth-order valence-electron chi connectivity index (χ4n) is 5.50. The van der Waals surface area contributed by atoms with Gasteiger partial charge in [0.15, 0.2) is 0 Å². The maximum absolute atomic E-state index is 7.02. The molecule has 0 aliphatic rings. The molecule has 0 fully saturated rings. The molecule has 0 radical (unpaired) electrons. The molecule has 4 aromatic carbocycles. The van der Waals surface area contributed by atoms with Crippen molar-refractivity contribution < 1.29 is 10.6 Å². The van der Waals surface area contributed by atoms with Gasteiger partial charge in [0.1, 0.15) is 0 Å². The summed E-state index contributed by atoms with van der Waals surface area (Å²) in [6.07, 6.45) is 0.